The van der Waals surface area contributed by atoms with Crippen LogP contribution in [0, 0.1) is 0 Å². The Labute approximate surface area is 133 Å². The summed E-state index contributed by atoms with van der Waals surface area (Å²) in [4.78, 5) is 16.5. The normalized spacial score (nSPS) is 22.0. The summed E-state index contributed by atoms with van der Waals surface area (Å²) < 4.78 is 5.85. The van der Waals surface area contributed by atoms with Gasteiger partial charge in [-0.05, 0) is 56.8 Å². The molecule has 0 spiro atoms. The molecule has 1 saturated heterocycles. The minimum absolute atomic E-state index is 0.109. The van der Waals surface area contributed by atoms with Gasteiger partial charge in [0.2, 0.25) is 0 Å². The van der Waals surface area contributed by atoms with Crippen LogP contribution in [0.15, 0.2) is 18.2 Å². The zero-order chi connectivity index (χ0) is 15.5. The molecular formula is C18H26N2O2. The first kappa shape index (κ1) is 15.3. The average Bonchev–Trinajstić information content (AvgIpc) is 2.93. The van der Waals surface area contributed by atoms with E-state index in [1.54, 1.807) is 4.90 Å². The number of fused-ring (bicyclic) bond motifs is 1. The fourth-order valence-corrected chi connectivity index (χ4v) is 3.44. The van der Waals surface area contributed by atoms with Crippen LogP contribution in [-0.2, 0) is 6.42 Å². The Morgan fingerprint density at radius 2 is 2.18 bits per heavy atom. The van der Waals surface area contributed by atoms with Crippen LogP contribution in [-0.4, -0.2) is 55.0 Å². The van der Waals surface area contributed by atoms with E-state index >= 15 is 0 Å². The maximum Gasteiger partial charge on any atom is 0.254 e. The van der Waals surface area contributed by atoms with Gasteiger partial charge in [0.15, 0.2) is 0 Å². The van der Waals surface area contributed by atoms with Crippen molar-refractivity contribution in [3.8, 4) is 5.75 Å². The average molecular weight is 302 g/mol. The molecule has 1 aromatic rings. The van der Waals surface area contributed by atoms with Gasteiger partial charge >= 0.3 is 0 Å². The van der Waals surface area contributed by atoms with Gasteiger partial charge < -0.3 is 14.5 Å². The fraction of sp³-hybridized carbons (Fsp3) is 0.611. The van der Waals surface area contributed by atoms with E-state index in [2.05, 4.69) is 11.8 Å². The largest absolute Gasteiger partial charge is 0.494 e. The Kier molecular flexibility index (Phi) is 4.67. The van der Waals surface area contributed by atoms with Gasteiger partial charge in [0.1, 0.15) is 5.75 Å². The second-order valence-corrected chi connectivity index (χ2v) is 6.52. The molecule has 3 rings (SSSR count). The predicted molar refractivity (Wildman–Crippen MR) is 87.5 cm³/mol. The van der Waals surface area contributed by atoms with Gasteiger partial charge in [0.25, 0.3) is 5.91 Å². The molecule has 2 aliphatic rings. The summed E-state index contributed by atoms with van der Waals surface area (Å²) in [5, 5.41) is 0. The number of hydrogen-bond donors (Lipinski definition) is 0. The maximum absolute atomic E-state index is 12.2. The van der Waals surface area contributed by atoms with Gasteiger partial charge in [0.05, 0.1) is 6.61 Å². The lowest BCUT2D eigenvalue weighted by Gasteiger charge is -2.25. The summed E-state index contributed by atoms with van der Waals surface area (Å²) in [5.41, 5.74) is 1.95. The second kappa shape index (κ2) is 6.69. The van der Waals surface area contributed by atoms with E-state index in [-0.39, 0.29) is 5.91 Å². The molecule has 0 N–H and O–H groups in total. The SMILES string of the molecule is C[C@@H]1CCCN1CCCOc1ccc2c(c1)C(=O)N(C)CC2. The Balaban J connectivity index is 1.52. The molecular weight excluding hydrogens is 276 g/mol. The van der Waals surface area contributed by atoms with Crippen molar-refractivity contribution in [2.75, 3.05) is 33.3 Å². The highest BCUT2D eigenvalue weighted by molar-refractivity contribution is 5.97. The smallest absolute Gasteiger partial charge is 0.254 e. The van der Waals surface area contributed by atoms with Gasteiger partial charge in [-0.25, -0.2) is 0 Å². The molecule has 1 amide bonds. The van der Waals surface area contributed by atoms with Gasteiger partial charge in [-0.2, -0.15) is 0 Å². The van der Waals surface area contributed by atoms with Crippen molar-refractivity contribution >= 4 is 5.91 Å². The topological polar surface area (TPSA) is 32.8 Å². The van der Waals surface area contributed by atoms with E-state index in [0.29, 0.717) is 6.61 Å². The molecule has 1 fully saturated rings. The van der Waals surface area contributed by atoms with Crippen LogP contribution < -0.4 is 4.74 Å². The molecule has 4 nitrogen and oxygen atoms in total. The molecule has 0 aliphatic carbocycles. The Bertz CT molecular complexity index is 544. The Morgan fingerprint density at radius 1 is 1.32 bits per heavy atom. The van der Waals surface area contributed by atoms with Crippen molar-refractivity contribution < 1.29 is 9.53 Å². The molecule has 2 aliphatic heterocycles. The molecule has 1 aromatic carbocycles. The molecule has 0 bridgehead atoms. The Morgan fingerprint density at radius 3 is 2.95 bits per heavy atom. The molecule has 0 saturated carbocycles. The third-order valence-electron chi connectivity index (χ3n) is 4.92. The molecule has 2 heterocycles. The summed E-state index contributed by atoms with van der Waals surface area (Å²) >= 11 is 0. The van der Waals surface area contributed by atoms with Gasteiger partial charge in [0, 0.05) is 31.7 Å². The summed E-state index contributed by atoms with van der Waals surface area (Å²) in [6, 6.07) is 6.66. The van der Waals surface area contributed by atoms with Gasteiger partial charge in [-0.3, -0.25) is 4.79 Å². The molecule has 120 valence electrons. The summed E-state index contributed by atoms with van der Waals surface area (Å²) in [7, 11) is 1.86. The monoisotopic (exact) mass is 302 g/mol. The van der Waals surface area contributed by atoms with Crippen LogP contribution in [0.5, 0.6) is 5.75 Å². The van der Waals surface area contributed by atoms with E-state index in [4.69, 9.17) is 4.74 Å². The number of ether oxygens (including phenoxy) is 1. The first-order chi connectivity index (χ1) is 10.6. The number of carbonyl (C=O) groups is 1. The van der Waals surface area contributed by atoms with Crippen LogP contribution in [0.1, 0.15) is 42.1 Å². The number of carbonyl (C=O) groups excluding carboxylic acids is 1. The van der Waals surface area contributed by atoms with Crippen LogP contribution in [0.4, 0.5) is 0 Å². The number of hydrogen-bond acceptors (Lipinski definition) is 3. The zero-order valence-corrected chi connectivity index (χ0v) is 13.7. The summed E-state index contributed by atoms with van der Waals surface area (Å²) in [5.74, 6) is 0.925. The van der Waals surface area contributed by atoms with Gasteiger partial charge in [-0.15, -0.1) is 0 Å². The van der Waals surface area contributed by atoms with Crippen molar-refractivity contribution in [2.45, 2.75) is 38.6 Å². The number of nitrogens with zero attached hydrogens (tertiary/aromatic N) is 2. The van der Waals surface area contributed by atoms with Crippen molar-refractivity contribution in [3.63, 3.8) is 0 Å². The molecule has 0 radical (unpaired) electrons. The van der Waals surface area contributed by atoms with E-state index in [9.17, 15) is 4.79 Å². The molecule has 4 heteroatoms. The standard InChI is InChI=1S/C18H26N2O2/c1-14-5-3-9-20(14)10-4-12-22-16-7-6-15-8-11-19(2)18(21)17(15)13-16/h6-7,13-14H,3-5,8-12H2,1-2H3/t14-/m1/s1. The Hall–Kier alpha value is -1.55. The number of rotatable bonds is 5. The van der Waals surface area contributed by atoms with Crippen molar-refractivity contribution in [1.82, 2.24) is 9.80 Å². The quantitative estimate of drug-likeness (QED) is 0.784. The number of likely N-dealkylation sites (N-methyl/N-ethyl adjacent to an activating group) is 1. The fourth-order valence-electron chi connectivity index (χ4n) is 3.44. The summed E-state index contributed by atoms with van der Waals surface area (Å²) in [6.45, 7) is 6.15. The second-order valence-electron chi connectivity index (χ2n) is 6.52. The van der Waals surface area contributed by atoms with Crippen LogP contribution >= 0.6 is 0 Å². The third kappa shape index (κ3) is 3.27. The van der Waals surface area contributed by atoms with Gasteiger partial charge in [-0.1, -0.05) is 6.07 Å². The van der Waals surface area contributed by atoms with Crippen molar-refractivity contribution in [3.05, 3.63) is 29.3 Å². The van der Waals surface area contributed by atoms with E-state index in [1.807, 2.05) is 25.2 Å². The van der Waals surface area contributed by atoms with Crippen LogP contribution in [0.25, 0.3) is 0 Å². The lowest BCUT2D eigenvalue weighted by atomic mass is 9.99. The predicted octanol–water partition coefficient (Wildman–Crippen LogP) is 2.57. The highest BCUT2D eigenvalue weighted by atomic mass is 16.5. The third-order valence-corrected chi connectivity index (χ3v) is 4.92. The van der Waals surface area contributed by atoms with E-state index in [1.165, 1.54) is 19.4 Å². The molecule has 0 aromatic heterocycles. The van der Waals surface area contributed by atoms with Crippen molar-refractivity contribution in [1.29, 1.82) is 0 Å². The number of likely N-dealkylation sites (tertiary alicyclic amines) is 1. The first-order valence-electron chi connectivity index (χ1n) is 8.40. The lowest BCUT2D eigenvalue weighted by molar-refractivity contribution is 0.0780. The minimum atomic E-state index is 0.109. The summed E-state index contributed by atoms with van der Waals surface area (Å²) in [6.07, 6.45) is 4.61. The van der Waals surface area contributed by atoms with E-state index < -0.39 is 0 Å². The lowest BCUT2D eigenvalue weighted by Crippen LogP contribution is -2.34. The number of amides is 1. The molecule has 0 unspecified atom stereocenters. The highest BCUT2D eigenvalue weighted by Crippen LogP contribution is 2.23. The number of benzene rings is 1. The van der Waals surface area contributed by atoms with Crippen molar-refractivity contribution in [2.24, 2.45) is 0 Å². The zero-order valence-electron chi connectivity index (χ0n) is 13.7. The minimum Gasteiger partial charge on any atom is -0.494 e. The molecule has 1 atom stereocenters. The first-order valence-corrected chi connectivity index (χ1v) is 8.40. The molecule has 22 heavy (non-hydrogen) atoms. The maximum atomic E-state index is 12.2. The highest BCUT2D eigenvalue weighted by Gasteiger charge is 2.22. The van der Waals surface area contributed by atoms with E-state index in [0.717, 1.165) is 48.8 Å². The van der Waals surface area contributed by atoms with Crippen LogP contribution in [0.3, 0.4) is 0 Å². The van der Waals surface area contributed by atoms with Crippen LogP contribution in [0.2, 0.25) is 0 Å².